The van der Waals surface area contributed by atoms with E-state index in [4.69, 9.17) is 5.73 Å². The summed E-state index contributed by atoms with van der Waals surface area (Å²) < 4.78 is 0. The normalized spacial score (nSPS) is 27.0. The average Bonchev–Trinajstić information content (AvgIpc) is 2.83. The van der Waals surface area contributed by atoms with Crippen molar-refractivity contribution < 1.29 is 0 Å². The molecule has 0 saturated heterocycles. The van der Waals surface area contributed by atoms with Crippen LogP contribution in [0.25, 0.3) is 0 Å². The van der Waals surface area contributed by atoms with Crippen LogP contribution in [-0.2, 0) is 12.8 Å². The van der Waals surface area contributed by atoms with E-state index >= 15 is 0 Å². The molecule has 18 heavy (non-hydrogen) atoms. The Bertz CT molecular complexity index is 427. The Morgan fingerprint density at radius 1 is 1.06 bits per heavy atom. The van der Waals surface area contributed by atoms with Crippen molar-refractivity contribution in [1.82, 2.24) is 0 Å². The van der Waals surface area contributed by atoms with E-state index in [1.807, 2.05) is 0 Å². The summed E-state index contributed by atoms with van der Waals surface area (Å²) in [5, 5.41) is 0. The molecule has 98 valence electrons. The summed E-state index contributed by atoms with van der Waals surface area (Å²) in [7, 11) is 2.21. The zero-order valence-corrected chi connectivity index (χ0v) is 11.4. The second kappa shape index (κ2) is 4.93. The van der Waals surface area contributed by atoms with Crippen molar-refractivity contribution >= 4 is 5.69 Å². The molecule has 1 saturated carbocycles. The van der Waals surface area contributed by atoms with Crippen LogP contribution >= 0.6 is 0 Å². The molecule has 1 aromatic carbocycles. The van der Waals surface area contributed by atoms with Gasteiger partial charge < -0.3 is 10.6 Å². The fourth-order valence-electron chi connectivity index (χ4n) is 3.58. The maximum atomic E-state index is 6.21. The molecule has 2 atom stereocenters. The van der Waals surface area contributed by atoms with Crippen LogP contribution in [0.1, 0.15) is 43.2 Å². The highest BCUT2D eigenvalue weighted by Crippen LogP contribution is 2.30. The van der Waals surface area contributed by atoms with Crippen LogP contribution in [0.15, 0.2) is 18.2 Å². The molecule has 2 aliphatic carbocycles. The zero-order valence-electron chi connectivity index (χ0n) is 11.4. The molecule has 2 heteroatoms. The molecule has 2 N–H and O–H groups in total. The minimum absolute atomic E-state index is 0.353. The molecule has 2 unspecified atom stereocenters. The third kappa shape index (κ3) is 2.14. The fraction of sp³-hybridized carbons (Fsp3) is 0.625. The monoisotopic (exact) mass is 244 g/mol. The van der Waals surface area contributed by atoms with Gasteiger partial charge in [0.1, 0.15) is 0 Å². The standard InChI is InChI=1S/C16H24N2/c1-18(16-8-4-7-15(16)17)14-10-9-12-5-2-3-6-13(12)11-14/h9-11,15-16H,2-8,17H2,1H3. The highest BCUT2D eigenvalue weighted by atomic mass is 15.2. The summed E-state index contributed by atoms with van der Waals surface area (Å²) in [5.41, 5.74) is 10.7. The number of anilines is 1. The summed E-state index contributed by atoms with van der Waals surface area (Å²) in [6.07, 6.45) is 8.94. The lowest BCUT2D eigenvalue weighted by Gasteiger charge is -2.31. The maximum absolute atomic E-state index is 6.21. The molecule has 1 aromatic rings. The number of hydrogen-bond donors (Lipinski definition) is 1. The van der Waals surface area contributed by atoms with Crippen LogP contribution in [-0.4, -0.2) is 19.1 Å². The second-order valence-electron chi connectivity index (χ2n) is 5.93. The predicted molar refractivity (Wildman–Crippen MR) is 77.1 cm³/mol. The zero-order chi connectivity index (χ0) is 12.5. The molecule has 2 aliphatic rings. The van der Waals surface area contributed by atoms with Crippen LogP contribution in [0, 0.1) is 0 Å². The van der Waals surface area contributed by atoms with Gasteiger partial charge in [-0.3, -0.25) is 0 Å². The number of likely N-dealkylation sites (N-methyl/N-ethyl adjacent to an activating group) is 1. The van der Waals surface area contributed by atoms with Crippen molar-refractivity contribution in [3.05, 3.63) is 29.3 Å². The molecule has 0 radical (unpaired) electrons. The van der Waals surface area contributed by atoms with E-state index in [1.165, 1.54) is 50.6 Å². The van der Waals surface area contributed by atoms with Crippen LogP contribution in [0.3, 0.4) is 0 Å². The second-order valence-corrected chi connectivity index (χ2v) is 5.93. The summed E-state index contributed by atoms with van der Waals surface area (Å²) in [6, 6.07) is 7.91. The van der Waals surface area contributed by atoms with Gasteiger partial charge in [-0.2, -0.15) is 0 Å². The van der Waals surface area contributed by atoms with Gasteiger partial charge in [-0.05, 0) is 68.2 Å². The summed E-state index contributed by atoms with van der Waals surface area (Å²) >= 11 is 0. The third-order valence-electron chi connectivity index (χ3n) is 4.77. The average molecular weight is 244 g/mol. The first-order valence-electron chi connectivity index (χ1n) is 7.36. The highest BCUT2D eigenvalue weighted by molar-refractivity contribution is 5.52. The molecule has 0 heterocycles. The first-order chi connectivity index (χ1) is 8.75. The molecule has 0 bridgehead atoms. The molecule has 0 spiro atoms. The lowest BCUT2D eigenvalue weighted by atomic mass is 9.91. The Balaban J connectivity index is 1.83. The van der Waals surface area contributed by atoms with E-state index < -0.39 is 0 Å². The molecule has 0 aromatic heterocycles. The minimum atomic E-state index is 0.353. The van der Waals surface area contributed by atoms with Gasteiger partial charge in [-0.1, -0.05) is 6.07 Å². The van der Waals surface area contributed by atoms with Crippen LogP contribution in [0.2, 0.25) is 0 Å². The van der Waals surface area contributed by atoms with Gasteiger partial charge in [0.25, 0.3) is 0 Å². The molecular weight excluding hydrogens is 220 g/mol. The van der Waals surface area contributed by atoms with Crippen molar-refractivity contribution in [3.63, 3.8) is 0 Å². The van der Waals surface area contributed by atoms with E-state index in [-0.39, 0.29) is 0 Å². The smallest absolute Gasteiger partial charge is 0.0437 e. The van der Waals surface area contributed by atoms with E-state index in [2.05, 4.69) is 30.1 Å². The fourth-order valence-corrected chi connectivity index (χ4v) is 3.58. The number of fused-ring (bicyclic) bond motifs is 1. The summed E-state index contributed by atoms with van der Waals surface area (Å²) in [5.74, 6) is 0. The highest BCUT2D eigenvalue weighted by Gasteiger charge is 2.27. The number of benzene rings is 1. The number of hydrogen-bond acceptors (Lipinski definition) is 2. The van der Waals surface area contributed by atoms with Gasteiger partial charge >= 0.3 is 0 Å². The number of nitrogens with two attached hydrogens (primary N) is 1. The third-order valence-corrected chi connectivity index (χ3v) is 4.77. The molecule has 0 amide bonds. The van der Waals surface area contributed by atoms with Gasteiger partial charge in [0.2, 0.25) is 0 Å². The Morgan fingerprint density at radius 2 is 1.83 bits per heavy atom. The quantitative estimate of drug-likeness (QED) is 0.866. The first kappa shape index (κ1) is 12.0. The predicted octanol–water partition coefficient (Wildman–Crippen LogP) is 2.88. The van der Waals surface area contributed by atoms with Crippen molar-refractivity contribution in [2.45, 2.75) is 57.0 Å². The lowest BCUT2D eigenvalue weighted by molar-refractivity contribution is 0.572. The Labute approximate surface area is 110 Å². The molecule has 0 aliphatic heterocycles. The van der Waals surface area contributed by atoms with Gasteiger partial charge in [0, 0.05) is 24.8 Å². The van der Waals surface area contributed by atoms with Crippen molar-refractivity contribution in [2.24, 2.45) is 5.73 Å². The molecule has 3 rings (SSSR count). The Morgan fingerprint density at radius 3 is 2.56 bits per heavy atom. The lowest BCUT2D eigenvalue weighted by Crippen LogP contribution is -2.42. The topological polar surface area (TPSA) is 29.3 Å². The van der Waals surface area contributed by atoms with Gasteiger partial charge in [-0.25, -0.2) is 0 Å². The Kier molecular flexibility index (Phi) is 3.29. The Hall–Kier alpha value is -1.02. The summed E-state index contributed by atoms with van der Waals surface area (Å²) in [6.45, 7) is 0. The number of rotatable bonds is 2. The maximum Gasteiger partial charge on any atom is 0.0437 e. The van der Waals surface area contributed by atoms with Crippen LogP contribution in [0.4, 0.5) is 5.69 Å². The molecular formula is C16H24N2. The summed E-state index contributed by atoms with van der Waals surface area (Å²) in [4.78, 5) is 2.41. The van der Waals surface area contributed by atoms with E-state index in [0.29, 0.717) is 12.1 Å². The van der Waals surface area contributed by atoms with E-state index in [0.717, 1.165) is 0 Å². The SMILES string of the molecule is CN(c1ccc2c(c1)CCCC2)C1CCCC1N. The molecule has 2 nitrogen and oxygen atoms in total. The number of aryl methyl sites for hydroxylation is 2. The van der Waals surface area contributed by atoms with Gasteiger partial charge in [-0.15, -0.1) is 0 Å². The number of nitrogens with zero attached hydrogens (tertiary/aromatic N) is 1. The first-order valence-corrected chi connectivity index (χ1v) is 7.36. The van der Waals surface area contributed by atoms with Crippen molar-refractivity contribution in [3.8, 4) is 0 Å². The van der Waals surface area contributed by atoms with E-state index in [1.54, 1.807) is 11.1 Å². The van der Waals surface area contributed by atoms with Gasteiger partial charge in [0.15, 0.2) is 0 Å². The van der Waals surface area contributed by atoms with Crippen molar-refractivity contribution in [2.75, 3.05) is 11.9 Å². The van der Waals surface area contributed by atoms with Crippen LogP contribution in [0.5, 0.6) is 0 Å². The van der Waals surface area contributed by atoms with Crippen molar-refractivity contribution in [1.29, 1.82) is 0 Å². The largest absolute Gasteiger partial charge is 0.370 e. The molecule has 1 fully saturated rings. The van der Waals surface area contributed by atoms with Gasteiger partial charge in [0.05, 0.1) is 0 Å². The van der Waals surface area contributed by atoms with E-state index in [9.17, 15) is 0 Å². The minimum Gasteiger partial charge on any atom is -0.370 e. The van der Waals surface area contributed by atoms with Crippen LogP contribution < -0.4 is 10.6 Å².